The zero-order chi connectivity index (χ0) is 24.7. The first-order valence-corrected chi connectivity index (χ1v) is 13.0. The lowest BCUT2D eigenvalue weighted by atomic mass is 9.98. The van der Waals surface area contributed by atoms with Crippen LogP contribution in [-0.2, 0) is 27.1 Å². The molecule has 1 aliphatic rings. The topological polar surface area (TPSA) is 241 Å². The van der Waals surface area contributed by atoms with Gasteiger partial charge < -0.3 is 35.2 Å². The Bertz CT molecular complexity index is 1110. The monoisotopic (exact) mass is 547 g/mol. The molecule has 6 atom stereocenters. The Balaban J connectivity index is 2.40. The molecular formula is C11H15ClF2N3O12P3. The molecule has 1 aromatic rings. The predicted molar refractivity (Wildman–Crippen MR) is 100 cm³/mol. The Morgan fingerprint density at radius 3 is 2.44 bits per heavy atom. The van der Waals surface area contributed by atoms with Crippen LogP contribution in [0.15, 0.2) is 28.7 Å². The maximum Gasteiger partial charge on any atom is 0.488 e. The van der Waals surface area contributed by atoms with Crippen LogP contribution in [0, 0.1) is 0 Å². The lowest BCUT2D eigenvalue weighted by molar-refractivity contribution is -0.0616. The molecule has 15 nitrogen and oxygen atoms in total. The van der Waals surface area contributed by atoms with Crippen molar-refractivity contribution >= 4 is 40.7 Å². The van der Waals surface area contributed by atoms with Gasteiger partial charge in [0.25, 0.3) is 0 Å². The molecule has 0 aromatic carbocycles. The molecule has 1 aliphatic heterocycles. The fourth-order valence-electron chi connectivity index (χ4n) is 2.49. The molecule has 0 spiro atoms. The normalized spacial score (nSPS) is 30.6. The molecule has 2 heterocycles. The van der Waals surface area contributed by atoms with Gasteiger partial charge in [-0.1, -0.05) is 0 Å². The number of phosphoric acid groups is 2. The van der Waals surface area contributed by atoms with Gasteiger partial charge in [0.15, 0.2) is 12.4 Å². The van der Waals surface area contributed by atoms with Crippen LogP contribution in [0.4, 0.5) is 14.6 Å². The minimum atomic E-state index is -6.01. The number of alkyl halides is 2. The maximum absolute atomic E-state index is 14.7. The second-order valence-corrected chi connectivity index (χ2v) is 11.1. The van der Waals surface area contributed by atoms with Crippen molar-refractivity contribution < 1.29 is 60.5 Å². The number of nitrogens with two attached hydrogens (primary N) is 1. The largest absolute Gasteiger partial charge is 0.488 e. The highest BCUT2D eigenvalue weighted by atomic mass is 35.5. The highest BCUT2D eigenvalue weighted by molar-refractivity contribution is 7.69. The van der Waals surface area contributed by atoms with Crippen molar-refractivity contribution in [1.82, 2.24) is 9.55 Å². The third-order valence-electron chi connectivity index (χ3n) is 3.81. The number of nitrogens with zero attached hydrogens (tertiary/aromatic N) is 2. The Morgan fingerprint density at radius 1 is 1.34 bits per heavy atom. The number of aromatic nitrogens is 2. The summed E-state index contributed by atoms with van der Waals surface area (Å²) in [7, 11) is -17.7. The minimum absolute atomic E-state index is 0.0503. The van der Waals surface area contributed by atoms with Crippen molar-refractivity contribution in [3.63, 3.8) is 0 Å². The number of hydrogen-bond donors (Lipinski definition) is 6. The van der Waals surface area contributed by atoms with Crippen LogP contribution < -0.4 is 11.4 Å². The first-order valence-electron chi connectivity index (χ1n) is 7.86. The smallest absolute Gasteiger partial charge is 0.386 e. The summed E-state index contributed by atoms with van der Waals surface area (Å²) in [6.07, 6.45) is -5.91. The van der Waals surface area contributed by atoms with Gasteiger partial charge in [0.05, 0.1) is 5.88 Å². The van der Waals surface area contributed by atoms with Gasteiger partial charge in [-0.05, 0) is 12.1 Å². The van der Waals surface area contributed by atoms with E-state index in [0.29, 0.717) is 4.57 Å². The van der Waals surface area contributed by atoms with Crippen molar-refractivity contribution in [2.75, 3.05) is 11.6 Å². The van der Waals surface area contributed by atoms with E-state index in [1.54, 1.807) is 0 Å². The molecule has 1 saturated heterocycles. The summed E-state index contributed by atoms with van der Waals surface area (Å²) in [6.45, 7) is 0. The SMILES string of the molecule is Nc1ccn(C2O[C@@](/C=C(/F)P(=O)(O)OP(=O)(O)OP(=O)(O)O)(CCl)C(O)[C@H]2F)c(=O)n1. The van der Waals surface area contributed by atoms with Crippen molar-refractivity contribution in [2.24, 2.45) is 0 Å². The number of ether oxygens (including phenoxy) is 1. The molecule has 7 N–H and O–H groups in total. The van der Waals surface area contributed by atoms with Crippen molar-refractivity contribution in [2.45, 2.75) is 24.1 Å². The molecule has 0 bridgehead atoms. The summed E-state index contributed by atoms with van der Waals surface area (Å²) in [5, 5.41) is 10.2. The average molecular weight is 548 g/mol. The Morgan fingerprint density at radius 2 is 1.94 bits per heavy atom. The van der Waals surface area contributed by atoms with Crippen LogP contribution in [0.1, 0.15) is 6.23 Å². The highest BCUT2D eigenvalue weighted by Gasteiger charge is 2.56. The van der Waals surface area contributed by atoms with Gasteiger partial charge in [-0.15, -0.1) is 11.6 Å². The summed E-state index contributed by atoms with van der Waals surface area (Å²) in [4.78, 5) is 50.9. The van der Waals surface area contributed by atoms with Gasteiger partial charge in [0.1, 0.15) is 17.5 Å². The van der Waals surface area contributed by atoms with Gasteiger partial charge in [-0.2, -0.15) is 13.7 Å². The first kappa shape index (κ1) is 27.2. The Hall–Kier alpha value is -1.06. The molecule has 0 radical (unpaired) electrons. The van der Waals surface area contributed by atoms with Crippen molar-refractivity contribution in [3.8, 4) is 0 Å². The standard InChI is InChI=1S/C11H15ClF2N3O12P3/c12-4-11(3-5(13)30(20,21)28-32(25,26)29-31(22,23)24)8(18)7(14)9(27-11)17-2-1-6(15)16-10(17)19/h1-3,7-9,18H,4H2,(H,20,21)(H,25,26)(H2,15,16,19)(H2,22,23,24)/b5-3-/t7-,8?,9?,11+/m1/s1. The van der Waals surface area contributed by atoms with Crippen molar-refractivity contribution in [1.29, 1.82) is 0 Å². The van der Waals surface area contributed by atoms with Crippen LogP contribution in [0.25, 0.3) is 0 Å². The zero-order valence-electron chi connectivity index (χ0n) is 15.2. The van der Waals surface area contributed by atoms with E-state index in [-0.39, 0.29) is 11.9 Å². The lowest BCUT2D eigenvalue weighted by Crippen LogP contribution is -2.42. The molecule has 0 saturated carbocycles. The van der Waals surface area contributed by atoms with Crippen LogP contribution >= 0.6 is 34.8 Å². The highest BCUT2D eigenvalue weighted by Crippen LogP contribution is 2.69. The molecule has 1 aromatic heterocycles. The number of halogens is 3. The Labute approximate surface area is 181 Å². The van der Waals surface area contributed by atoms with E-state index >= 15 is 0 Å². The summed E-state index contributed by atoms with van der Waals surface area (Å²) >= 11 is 5.63. The lowest BCUT2D eigenvalue weighted by Gasteiger charge is -2.26. The van der Waals surface area contributed by atoms with E-state index in [2.05, 4.69) is 13.6 Å². The molecule has 1 fully saturated rings. The summed E-state index contributed by atoms with van der Waals surface area (Å²) in [6, 6.07) is 1.07. The van der Waals surface area contributed by atoms with E-state index < -0.39 is 64.5 Å². The number of aliphatic hydroxyl groups is 1. The molecule has 2 rings (SSSR count). The average Bonchev–Trinajstić information content (AvgIpc) is 2.84. The quantitative estimate of drug-likeness (QED) is 0.189. The summed E-state index contributed by atoms with van der Waals surface area (Å²) < 4.78 is 75.7. The van der Waals surface area contributed by atoms with Crippen molar-refractivity contribution in [3.05, 3.63) is 34.4 Å². The zero-order valence-corrected chi connectivity index (χ0v) is 18.7. The van der Waals surface area contributed by atoms with Gasteiger partial charge in [0.2, 0.25) is 5.57 Å². The van der Waals surface area contributed by atoms with Gasteiger partial charge in [-0.25, -0.2) is 22.6 Å². The molecule has 32 heavy (non-hydrogen) atoms. The second kappa shape index (κ2) is 9.29. The van der Waals surface area contributed by atoms with E-state index in [1.165, 1.54) is 0 Å². The third-order valence-corrected chi connectivity index (χ3v) is 8.28. The van der Waals surface area contributed by atoms with Crippen LogP contribution in [-0.4, -0.2) is 58.0 Å². The molecule has 182 valence electrons. The van der Waals surface area contributed by atoms with E-state index in [9.17, 15) is 37.3 Å². The third kappa shape index (κ3) is 6.08. The number of hydrogen-bond acceptors (Lipinski definition) is 10. The van der Waals surface area contributed by atoms with Gasteiger partial charge in [0, 0.05) is 6.20 Å². The van der Waals surface area contributed by atoms with Crippen LogP contribution in [0.3, 0.4) is 0 Å². The fourth-order valence-corrected chi connectivity index (χ4v) is 6.07. The molecule has 0 aliphatic carbocycles. The molecule has 21 heteroatoms. The predicted octanol–water partition coefficient (Wildman–Crippen LogP) is 0.253. The fraction of sp³-hybridized carbons (Fsp3) is 0.455. The summed E-state index contributed by atoms with van der Waals surface area (Å²) in [5.41, 5.74) is -0.786. The number of rotatable bonds is 8. The second-order valence-electron chi connectivity index (χ2n) is 6.14. The number of anilines is 1. The number of nitrogen functional groups attached to an aromatic ring is 1. The Kier molecular flexibility index (Phi) is 7.90. The van der Waals surface area contributed by atoms with E-state index in [1.807, 2.05) is 0 Å². The minimum Gasteiger partial charge on any atom is -0.386 e. The summed E-state index contributed by atoms with van der Waals surface area (Å²) in [5.74, 6) is -1.22. The van der Waals surface area contributed by atoms with Gasteiger partial charge in [-0.3, -0.25) is 9.13 Å². The molecule has 4 unspecified atom stereocenters. The van der Waals surface area contributed by atoms with E-state index in [4.69, 9.17) is 36.8 Å². The van der Waals surface area contributed by atoms with Crippen LogP contribution in [0.2, 0.25) is 0 Å². The molecular weight excluding hydrogens is 533 g/mol. The maximum atomic E-state index is 14.7. The first-order chi connectivity index (χ1) is 14.4. The van der Waals surface area contributed by atoms with Crippen LogP contribution in [0.5, 0.6) is 0 Å². The molecule has 0 amide bonds. The van der Waals surface area contributed by atoms with Gasteiger partial charge >= 0.3 is 28.9 Å². The number of aliphatic hydroxyl groups excluding tert-OH is 1. The van der Waals surface area contributed by atoms with E-state index in [0.717, 1.165) is 12.3 Å².